The number of rotatable bonds is 2. The largest absolute Gasteiger partial charge is 0.393 e. The van der Waals surface area contributed by atoms with Crippen molar-refractivity contribution in [1.29, 1.82) is 0 Å². The molecule has 3 N–H and O–H groups in total. The van der Waals surface area contributed by atoms with Gasteiger partial charge in [0, 0.05) is 12.1 Å². The zero-order valence-corrected chi connectivity index (χ0v) is 10.1. The van der Waals surface area contributed by atoms with Crippen LogP contribution in [-0.4, -0.2) is 39.6 Å². The third-order valence-corrected chi connectivity index (χ3v) is 4.17. The second-order valence-electron chi connectivity index (χ2n) is 5.49. The third kappa shape index (κ3) is 1.84. The molecule has 2 bridgehead atoms. The van der Waals surface area contributed by atoms with Crippen LogP contribution < -0.4 is 5.73 Å². The molecular weight excluding hydrogens is 204 g/mol. The van der Waals surface area contributed by atoms with Crippen molar-refractivity contribution >= 4 is 5.91 Å². The zero-order chi connectivity index (χ0) is 11.9. The normalized spacial score (nSPS) is 37.2. The molecule has 0 radical (unpaired) electrons. The van der Waals surface area contributed by atoms with E-state index in [1.807, 2.05) is 11.8 Å². The summed E-state index contributed by atoms with van der Waals surface area (Å²) in [5.41, 5.74) is 5.28. The van der Waals surface area contributed by atoms with E-state index in [1.165, 1.54) is 0 Å². The highest BCUT2D eigenvalue weighted by atomic mass is 16.3. The number of nitrogens with two attached hydrogens (primary N) is 1. The van der Waals surface area contributed by atoms with Crippen LogP contribution in [0.2, 0.25) is 0 Å². The maximum atomic E-state index is 12.3. The van der Waals surface area contributed by atoms with Crippen LogP contribution in [-0.2, 0) is 4.79 Å². The number of aliphatic hydroxyl groups is 1. The minimum Gasteiger partial charge on any atom is -0.393 e. The lowest BCUT2D eigenvalue weighted by Gasteiger charge is -2.41. The molecule has 0 aromatic carbocycles. The van der Waals surface area contributed by atoms with Crippen molar-refractivity contribution < 1.29 is 9.90 Å². The molecule has 3 unspecified atom stereocenters. The van der Waals surface area contributed by atoms with Crippen LogP contribution in [0.15, 0.2) is 0 Å². The first-order valence-electron chi connectivity index (χ1n) is 6.25. The van der Waals surface area contributed by atoms with Gasteiger partial charge in [0.1, 0.15) is 0 Å². The molecule has 2 saturated heterocycles. The first kappa shape index (κ1) is 11.9. The van der Waals surface area contributed by atoms with Crippen molar-refractivity contribution in [2.75, 3.05) is 0 Å². The van der Waals surface area contributed by atoms with Gasteiger partial charge in [0.25, 0.3) is 0 Å². The molecule has 0 aliphatic carbocycles. The smallest absolute Gasteiger partial charge is 0.242 e. The fourth-order valence-electron chi connectivity index (χ4n) is 2.93. The summed E-state index contributed by atoms with van der Waals surface area (Å²) in [6.45, 7) is 3.75. The molecular formula is C12H22N2O2. The van der Waals surface area contributed by atoms with E-state index >= 15 is 0 Å². The molecule has 4 nitrogen and oxygen atoms in total. The summed E-state index contributed by atoms with van der Waals surface area (Å²) in [5.74, 6) is 0.0643. The van der Waals surface area contributed by atoms with E-state index in [0.717, 1.165) is 25.7 Å². The van der Waals surface area contributed by atoms with E-state index in [2.05, 4.69) is 0 Å². The van der Waals surface area contributed by atoms with Gasteiger partial charge in [-0.15, -0.1) is 0 Å². The van der Waals surface area contributed by atoms with E-state index in [-0.39, 0.29) is 24.1 Å². The van der Waals surface area contributed by atoms with Crippen LogP contribution in [0.25, 0.3) is 0 Å². The number of amides is 1. The highest BCUT2D eigenvalue weighted by molar-refractivity contribution is 5.86. The number of hydrogen-bond donors (Lipinski definition) is 2. The number of hydrogen-bond acceptors (Lipinski definition) is 3. The van der Waals surface area contributed by atoms with Crippen molar-refractivity contribution in [3.05, 3.63) is 0 Å². The van der Waals surface area contributed by atoms with Gasteiger partial charge in [-0.3, -0.25) is 4.79 Å². The van der Waals surface area contributed by atoms with Crippen LogP contribution in [0.4, 0.5) is 0 Å². The van der Waals surface area contributed by atoms with Crippen molar-refractivity contribution in [3.63, 3.8) is 0 Å². The lowest BCUT2D eigenvalue weighted by atomic mass is 9.93. The van der Waals surface area contributed by atoms with Crippen LogP contribution in [0.3, 0.4) is 0 Å². The van der Waals surface area contributed by atoms with Crippen molar-refractivity contribution in [2.24, 2.45) is 5.73 Å². The van der Waals surface area contributed by atoms with E-state index in [9.17, 15) is 9.90 Å². The van der Waals surface area contributed by atoms with Crippen LogP contribution in [0, 0.1) is 0 Å². The minimum absolute atomic E-state index is 0.0643. The molecule has 1 amide bonds. The molecule has 2 heterocycles. The average molecular weight is 226 g/mol. The standard InChI is InChI=1S/C12H22N2O2/c1-3-12(2,13)11(16)14-8-4-5-9(14)7-10(15)6-8/h8-10,15H,3-7,13H2,1-2H3. The van der Waals surface area contributed by atoms with Gasteiger partial charge in [-0.2, -0.15) is 0 Å². The highest BCUT2D eigenvalue weighted by Crippen LogP contribution is 2.37. The Balaban J connectivity index is 2.14. The van der Waals surface area contributed by atoms with Gasteiger partial charge in [-0.1, -0.05) is 6.92 Å². The first-order chi connectivity index (χ1) is 7.45. The zero-order valence-electron chi connectivity index (χ0n) is 10.1. The highest BCUT2D eigenvalue weighted by Gasteiger charge is 2.46. The molecule has 92 valence electrons. The Morgan fingerprint density at radius 1 is 1.44 bits per heavy atom. The fraction of sp³-hybridized carbons (Fsp3) is 0.917. The fourth-order valence-corrected chi connectivity index (χ4v) is 2.93. The summed E-state index contributed by atoms with van der Waals surface area (Å²) in [6.07, 6.45) is 3.92. The van der Waals surface area contributed by atoms with Gasteiger partial charge in [0.2, 0.25) is 5.91 Å². The summed E-state index contributed by atoms with van der Waals surface area (Å²) in [5, 5.41) is 9.68. The molecule has 2 rings (SSSR count). The van der Waals surface area contributed by atoms with Crippen molar-refractivity contribution in [1.82, 2.24) is 4.90 Å². The Morgan fingerprint density at radius 3 is 2.38 bits per heavy atom. The molecule has 0 aromatic heterocycles. The van der Waals surface area contributed by atoms with E-state index < -0.39 is 5.54 Å². The lowest BCUT2D eigenvalue weighted by molar-refractivity contribution is -0.142. The quantitative estimate of drug-likeness (QED) is 0.725. The molecule has 0 spiro atoms. The van der Waals surface area contributed by atoms with Crippen molar-refractivity contribution in [3.8, 4) is 0 Å². The molecule has 2 fully saturated rings. The number of fused-ring (bicyclic) bond motifs is 2. The van der Waals surface area contributed by atoms with Crippen LogP contribution in [0.5, 0.6) is 0 Å². The molecule has 0 saturated carbocycles. The molecule has 2 aliphatic heterocycles. The molecule has 2 aliphatic rings. The van der Waals surface area contributed by atoms with Crippen molar-refractivity contribution in [2.45, 2.75) is 69.7 Å². The van der Waals surface area contributed by atoms with Gasteiger partial charge in [-0.25, -0.2) is 0 Å². The number of carbonyl (C=O) groups is 1. The number of nitrogens with zero attached hydrogens (tertiary/aromatic N) is 1. The third-order valence-electron chi connectivity index (χ3n) is 4.17. The predicted octanol–water partition coefficient (Wildman–Crippen LogP) is 0.628. The van der Waals surface area contributed by atoms with Crippen LogP contribution >= 0.6 is 0 Å². The van der Waals surface area contributed by atoms with Gasteiger partial charge in [-0.05, 0) is 39.0 Å². The average Bonchev–Trinajstić information content (AvgIpc) is 2.50. The monoisotopic (exact) mass is 226 g/mol. The van der Waals surface area contributed by atoms with Crippen LogP contribution in [0.1, 0.15) is 46.0 Å². The second-order valence-corrected chi connectivity index (χ2v) is 5.49. The number of carbonyl (C=O) groups excluding carboxylic acids is 1. The Labute approximate surface area is 96.8 Å². The summed E-state index contributed by atoms with van der Waals surface area (Å²) in [7, 11) is 0. The minimum atomic E-state index is -0.747. The summed E-state index contributed by atoms with van der Waals surface area (Å²) < 4.78 is 0. The predicted molar refractivity (Wildman–Crippen MR) is 61.8 cm³/mol. The van der Waals surface area contributed by atoms with Gasteiger partial charge < -0.3 is 15.7 Å². The van der Waals surface area contributed by atoms with Gasteiger partial charge in [0.15, 0.2) is 0 Å². The Kier molecular flexibility index (Phi) is 2.97. The van der Waals surface area contributed by atoms with Gasteiger partial charge >= 0.3 is 0 Å². The van der Waals surface area contributed by atoms with Gasteiger partial charge in [0.05, 0.1) is 11.6 Å². The number of aliphatic hydroxyl groups excluding tert-OH is 1. The van der Waals surface area contributed by atoms with E-state index in [0.29, 0.717) is 6.42 Å². The molecule has 3 atom stereocenters. The molecule has 0 aromatic rings. The number of piperidine rings is 1. The topological polar surface area (TPSA) is 66.6 Å². The maximum absolute atomic E-state index is 12.3. The first-order valence-corrected chi connectivity index (χ1v) is 6.25. The summed E-state index contributed by atoms with van der Waals surface area (Å²) in [6, 6.07) is 0.436. The van der Waals surface area contributed by atoms with E-state index in [1.54, 1.807) is 6.92 Å². The van der Waals surface area contributed by atoms with E-state index in [4.69, 9.17) is 5.73 Å². The second kappa shape index (κ2) is 4.00. The Bertz CT molecular complexity index is 277. The Morgan fingerprint density at radius 2 is 1.94 bits per heavy atom. The molecule has 16 heavy (non-hydrogen) atoms. The maximum Gasteiger partial charge on any atom is 0.242 e. The Hall–Kier alpha value is -0.610. The summed E-state index contributed by atoms with van der Waals surface area (Å²) >= 11 is 0. The summed E-state index contributed by atoms with van der Waals surface area (Å²) in [4.78, 5) is 14.3. The molecule has 4 heteroatoms. The SMILES string of the molecule is CCC(C)(N)C(=O)N1C2CCC1CC(O)C2. The lowest BCUT2D eigenvalue weighted by Crippen LogP contribution is -2.58.